The van der Waals surface area contributed by atoms with Crippen molar-refractivity contribution in [2.45, 2.75) is 0 Å². The second kappa shape index (κ2) is 5.85. The van der Waals surface area contributed by atoms with Gasteiger partial charge in [0.1, 0.15) is 23.0 Å². The molecule has 2 aromatic carbocycles. The number of nitrogens with zero attached hydrogens (tertiary/aromatic N) is 3. The quantitative estimate of drug-likeness (QED) is 0.742. The molecule has 3 aromatic rings. The van der Waals surface area contributed by atoms with Crippen LogP contribution in [-0.4, -0.2) is 22.3 Å². The number of ether oxygens (including phenoxy) is 1. The summed E-state index contributed by atoms with van der Waals surface area (Å²) in [4.78, 5) is 4.28. The number of hydrogen-bond acceptors (Lipinski definition) is 4. The van der Waals surface area contributed by atoms with E-state index >= 15 is 0 Å². The van der Waals surface area contributed by atoms with E-state index in [2.05, 4.69) is 15.2 Å². The Hall–Kier alpha value is -2.89. The maximum atomic E-state index is 13.1. The third-order valence-corrected chi connectivity index (χ3v) is 3.09. The fourth-order valence-electron chi connectivity index (χ4n) is 2.01. The summed E-state index contributed by atoms with van der Waals surface area (Å²) in [6, 6.07) is 11.8. The average Bonchev–Trinajstić information content (AvgIpc) is 2.56. The molecule has 0 radical (unpaired) electrons. The summed E-state index contributed by atoms with van der Waals surface area (Å²) >= 11 is 0. The van der Waals surface area contributed by atoms with E-state index in [0.29, 0.717) is 22.5 Å². The number of benzene rings is 2. The Kier molecular flexibility index (Phi) is 3.74. The van der Waals surface area contributed by atoms with Crippen LogP contribution in [0.15, 0.2) is 48.5 Å². The number of aromatic nitrogens is 3. The maximum Gasteiger partial charge on any atom is 0.336 e. The van der Waals surface area contributed by atoms with Crippen molar-refractivity contribution in [2.24, 2.45) is 0 Å². The maximum absolute atomic E-state index is 13.1. The Morgan fingerprint density at radius 2 is 1.23 bits per heavy atom. The summed E-state index contributed by atoms with van der Waals surface area (Å²) in [7, 11) is 1.43. The van der Waals surface area contributed by atoms with Crippen LogP contribution >= 0.6 is 0 Å². The fraction of sp³-hybridized carbons (Fsp3) is 0.0625. The highest BCUT2D eigenvalue weighted by Crippen LogP contribution is 2.29. The lowest BCUT2D eigenvalue weighted by Crippen LogP contribution is -2.00. The third-order valence-electron chi connectivity index (χ3n) is 3.09. The Morgan fingerprint density at radius 3 is 1.73 bits per heavy atom. The molecule has 0 amide bonds. The van der Waals surface area contributed by atoms with Crippen LogP contribution in [-0.2, 0) is 0 Å². The van der Waals surface area contributed by atoms with Gasteiger partial charge in [-0.1, -0.05) is 5.10 Å². The van der Waals surface area contributed by atoms with Gasteiger partial charge in [-0.25, -0.2) is 8.78 Å². The van der Waals surface area contributed by atoms with Gasteiger partial charge in [0.25, 0.3) is 0 Å². The van der Waals surface area contributed by atoms with E-state index in [-0.39, 0.29) is 17.6 Å². The normalized spacial score (nSPS) is 10.5. The molecular weight excluding hydrogens is 288 g/mol. The summed E-state index contributed by atoms with van der Waals surface area (Å²) in [5.74, 6) is -0.692. The molecule has 0 aliphatic carbocycles. The SMILES string of the molecule is COc1nnc(-c2ccc(F)cc2)c(-c2ccc(F)cc2)n1. The van der Waals surface area contributed by atoms with Crippen LogP contribution in [0.25, 0.3) is 22.5 Å². The van der Waals surface area contributed by atoms with Crippen molar-refractivity contribution >= 4 is 0 Å². The van der Waals surface area contributed by atoms with Crippen molar-refractivity contribution in [1.82, 2.24) is 15.2 Å². The van der Waals surface area contributed by atoms with Gasteiger partial charge in [0, 0.05) is 11.1 Å². The highest BCUT2D eigenvalue weighted by Gasteiger charge is 2.14. The lowest BCUT2D eigenvalue weighted by molar-refractivity contribution is 0.374. The minimum absolute atomic E-state index is 0.102. The fourth-order valence-corrected chi connectivity index (χ4v) is 2.01. The molecule has 0 unspecified atom stereocenters. The molecule has 0 aliphatic rings. The summed E-state index contributed by atoms with van der Waals surface area (Å²) in [6.45, 7) is 0. The topological polar surface area (TPSA) is 47.9 Å². The number of halogens is 2. The second-order valence-electron chi connectivity index (χ2n) is 4.51. The van der Waals surface area contributed by atoms with Gasteiger partial charge < -0.3 is 4.74 Å². The van der Waals surface area contributed by atoms with Gasteiger partial charge >= 0.3 is 6.01 Å². The van der Waals surface area contributed by atoms with Crippen molar-refractivity contribution < 1.29 is 13.5 Å². The number of rotatable bonds is 3. The zero-order valence-corrected chi connectivity index (χ0v) is 11.6. The summed E-state index contributed by atoms with van der Waals surface area (Å²) in [5, 5.41) is 7.94. The molecule has 0 saturated heterocycles. The first kappa shape index (κ1) is 14.1. The molecule has 1 aromatic heterocycles. The predicted octanol–water partition coefficient (Wildman–Crippen LogP) is 3.49. The number of hydrogen-bond donors (Lipinski definition) is 0. The predicted molar refractivity (Wildman–Crippen MR) is 77.2 cm³/mol. The van der Waals surface area contributed by atoms with Crippen molar-refractivity contribution in [3.05, 3.63) is 60.2 Å². The molecule has 110 valence electrons. The van der Waals surface area contributed by atoms with E-state index in [1.165, 1.54) is 31.4 Å². The van der Waals surface area contributed by atoms with Gasteiger partial charge in [0.05, 0.1) is 7.11 Å². The van der Waals surface area contributed by atoms with E-state index < -0.39 is 0 Å². The van der Waals surface area contributed by atoms with Crippen LogP contribution in [0.5, 0.6) is 6.01 Å². The molecule has 0 spiro atoms. The number of methoxy groups -OCH3 is 1. The molecule has 0 bridgehead atoms. The van der Waals surface area contributed by atoms with Crippen LogP contribution in [0.2, 0.25) is 0 Å². The van der Waals surface area contributed by atoms with Gasteiger partial charge in [0.2, 0.25) is 0 Å². The summed E-state index contributed by atoms with van der Waals surface area (Å²) < 4.78 is 31.2. The van der Waals surface area contributed by atoms with E-state index in [1.807, 2.05) is 0 Å². The monoisotopic (exact) mass is 299 g/mol. The summed E-state index contributed by atoms with van der Waals surface area (Å²) in [5.41, 5.74) is 2.27. The largest absolute Gasteiger partial charge is 0.466 e. The molecule has 0 aliphatic heterocycles. The first-order valence-corrected chi connectivity index (χ1v) is 6.48. The van der Waals surface area contributed by atoms with Crippen molar-refractivity contribution in [3.8, 4) is 28.5 Å². The van der Waals surface area contributed by atoms with Crippen molar-refractivity contribution in [2.75, 3.05) is 7.11 Å². The van der Waals surface area contributed by atoms with Crippen LogP contribution in [0.3, 0.4) is 0 Å². The van der Waals surface area contributed by atoms with Gasteiger partial charge in [-0.3, -0.25) is 0 Å². The van der Waals surface area contributed by atoms with Gasteiger partial charge in [-0.05, 0) is 48.5 Å². The van der Waals surface area contributed by atoms with Crippen LogP contribution < -0.4 is 4.74 Å². The minimum atomic E-state index is -0.346. The van der Waals surface area contributed by atoms with E-state index in [1.54, 1.807) is 24.3 Å². The van der Waals surface area contributed by atoms with Crippen LogP contribution in [0.1, 0.15) is 0 Å². The average molecular weight is 299 g/mol. The molecule has 3 rings (SSSR count). The smallest absolute Gasteiger partial charge is 0.336 e. The Balaban J connectivity index is 2.17. The Bertz CT molecular complexity index is 789. The van der Waals surface area contributed by atoms with E-state index in [9.17, 15) is 8.78 Å². The van der Waals surface area contributed by atoms with Gasteiger partial charge in [-0.15, -0.1) is 5.10 Å². The lowest BCUT2D eigenvalue weighted by Gasteiger charge is -2.08. The molecular formula is C16H11F2N3O. The van der Waals surface area contributed by atoms with E-state index in [0.717, 1.165) is 0 Å². The first-order chi connectivity index (χ1) is 10.7. The second-order valence-corrected chi connectivity index (χ2v) is 4.51. The van der Waals surface area contributed by atoms with Crippen LogP contribution in [0, 0.1) is 11.6 Å². The third kappa shape index (κ3) is 2.76. The highest BCUT2D eigenvalue weighted by molar-refractivity contribution is 5.77. The molecule has 4 nitrogen and oxygen atoms in total. The molecule has 0 fully saturated rings. The molecule has 1 heterocycles. The molecule has 0 N–H and O–H groups in total. The van der Waals surface area contributed by atoms with Crippen LogP contribution in [0.4, 0.5) is 8.78 Å². The van der Waals surface area contributed by atoms with Gasteiger partial charge in [-0.2, -0.15) is 4.98 Å². The van der Waals surface area contributed by atoms with Gasteiger partial charge in [0.15, 0.2) is 0 Å². The van der Waals surface area contributed by atoms with E-state index in [4.69, 9.17) is 4.74 Å². The first-order valence-electron chi connectivity index (χ1n) is 6.48. The molecule has 6 heteroatoms. The molecule has 22 heavy (non-hydrogen) atoms. The Labute approximate surface area is 125 Å². The molecule has 0 saturated carbocycles. The lowest BCUT2D eigenvalue weighted by atomic mass is 10.0. The minimum Gasteiger partial charge on any atom is -0.466 e. The highest BCUT2D eigenvalue weighted by atomic mass is 19.1. The van der Waals surface area contributed by atoms with Crippen molar-refractivity contribution in [3.63, 3.8) is 0 Å². The standard InChI is InChI=1S/C16H11F2N3O/c1-22-16-19-14(10-2-6-12(17)7-3-10)15(20-21-16)11-4-8-13(18)9-5-11/h2-9H,1H3. The molecule has 0 atom stereocenters. The zero-order valence-electron chi connectivity index (χ0n) is 11.6. The zero-order chi connectivity index (χ0) is 15.5. The summed E-state index contributed by atoms with van der Waals surface area (Å²) in [6.07, 6.45) is 0. The van der Waals surface area contributed by atoms with Crippen molar-refractivity contribution in [1.29, 1.82) is 0 Å². The Morgan fingerprint density at radius 1 is 0.727 bits per heavy atom.